The molecule has 0 saturated heterocycles. The van der Waals surface area contributed by atoms with Crippen LogP contribution in [0.25, 0.3) is 0 Å². The van der Waals surface area contributed by atoms with Crippen molar-refractivity contribution in [2.45, 2.75) is 329 Å². The van der Waals surface area contributed by atoms with Crippen LogP contribution in [-0.4, -0.2) is 37.2 Å². The van der Waals surface area contributed by atoms with E-state index in [1.165, 1.54) is 141 Å². The van der Waals surface area contributed by atoms with E-state index in [0.717, 1.165) is 141 Å². The molecule has 0 saturated carbocycles. The van der Waals surface area contributed by atoms with Crippen LogP contribution in [0.1, 0.15) is 323 Å². The molecule has 0 heterocycles. The summed E-state index contributed by atoms with van der Waals surface area (Å²) in [5.41, 5.74) is 0. The van der Waals surface area contributed by atoms with Crippen molar-refractivity contribution >= 4 is 17.9 Å². The monoisotopic (exact) mass is 1110 g/mol. The Hall–Kier alpha value is -3.93. The van der Waals surface area contributed by atoms with Crippen LogP contribution in [0.15, 0.2) is 109 Å². The summed E-state index contributed by atoms with van der Waals surface area (Å²) in [6.07, 6.45) is 92.5. The van der Waals surface area contributed by atoms with Gasteiger partial charge in [-0.2, -0.15) is 0 Å². The van der Waals surface area contributed by atoms with Gasteiger partial charge in [-0.25, -0.2) is 0 Å². The van der Waals surface area contributed by atoms with Gasteiger partial charge in [-0.3, -0.25) is 14.4 Å². The number of hydrogen-bond acceptors (Lipinski definition) is 6. The molecule has 0 bridgehead atoms. The number of unbranched alkanes of at least 4 members (excludes halogenated alkanes) is 32. The predicted molar refractivity (Wildman–Crippen MR) is 348 cm³/mol. The van der Waals surface area contributed by atoms with Gasteiger partial charge in [0.25, 0.3) is 0 Å². The van der Waals surface area contributed by atoms with Gasteiger partial charge in [-0.1, -0.05) is 310 Å². The lowest BCUT2D eigenvalue weighted by Crippen LogP contribution is -2.30. The lowest BCUT2D eigenvalue weighted by molar-refractivity contribution is -0.167. The first kappa shape index (κ1) is 76.1. The van der Waals surface area contributed by atoms with Gasteiger partial charge < -0.3 is 14.2 Å². The average molecular weight is 1110 g/mol. The van der Waals surface area contributed by atoms with Crippen LogP contribution in [-0.2, 0) is 28.6 Å². The van der Waals surface area contributed by atoms with Crippen LogP contribution in [0, 0.1) is 0 Å². The summed E-state index contributed by atoms with van der Waals surface area (Å²) in [5, 5.41) is 0. The van der Waals surface area contributed by atoms with Crippen LogP contribution in [0.4, 0.5) is 0 Å². The Balaban J connectivity index is 4.28. The predicted octanol–water partition coefficient (Wildman–Crippen LogP) is 23.4. The normalized spacial score (nSPS) is 12.8. The Kier molecular flexibility index (Phi) is 64.3. The molecule has 6 heteroatoms. The van der Waals surface area contributed by atoms with Gasteiger partial charge in [0.15, 0.2) is 6.10 Å². The first-order valence-corrected chi connectivity index (χ1v) is 33.9. The Morgan fingerprint density at radius 2 is 0.512 bits per heavy atom. The molecule has 0 spiro atoms. The molecule has 80 heavy (non-hydrogen) atoms. The summed E-state index contributed by atoms with van der Waals surface area (Å²) in [5.74, 6) is -0.891. The molecule has 6 nitrogen and oxygen atoms in total. The molecule has 0 N–H and O–H groups in total. The summed E-state index contributed by atoms with van der Waals surface area (Å²) in [7, 11) is 0. The third-order valence-corrected chi connectivity index (χ3v) is 14.5. The molecule has 0 aromatic carbocycles. The van der Waals surface area contributed by atoms with Gasteiger partial charge in [0.05, 0.1) is 0 Å². The van der Waals surface area contributed by atoms with Gasteiger partial charge >= 0.3 is 17.9 Å². The Bertz CT molecular complexity index is 1610. The molecule has 0 aliphatic rings. The zero-order valence-corrected chi connectivity index (χ0v) is 52.6. The molecule has 0 aliphatic heterocycles. The second kappa shape index (κ2) is 67.6. The van der Waals surface area contributed by atoms with E-state index >= 15 is 0 Å². The summed E-state index contributed by atoms with van der Waals surface area (Å²) in [6, 6.07) is 0. The molecule has 1 unspecified atom stereocenters. The topological polar surface area (TPSA) is 78.9 Å². The second-order valence-corrected chi connectivity index (χ2v) is 22.4. The van der Waals surface area contributed by atoms with E-state index in [1.807, 2.05) is 0 Å². The molecular weight excluding hydrogens is 985 g/mol. The summed E-state index contributed by atoms with van der Waals surface area (Å²) < 4.78 is 16.9. The van der Waals surface area contributed by atoms with Crippen molar-refractivity contribution in [2.24, 2.45) is 0 Å². The van der Waals surface area contributed by atoms with E-state index < -0.39 is 6.10 Å². The molecular formula is C74H126O6. The highest BCUT2D eigenvalue weighted by atomic mass is 16.6. The van der Waals surface area contributed by atoms with Crippen molar-refractivity contribution in [2.75, 3.05) is 13.2 Å². The van der Waals surface area contributed by atoms with Crippen LogP contribution in [0.2, 0.25) is 0 Å². The molecule has 458 valence electrons. The molecule has 0 aliphatic carbocycles. The van der Waals surface area contributed by atoms with Crippen LogP contribution in [0.5, 0.6) is 0 Å². The van der Waals surface area contributed by atoms with Crippen molar-refractivity contribution in [1.29, 1.82) is 0 Å². The number of hydrogen-bond donors (Lipinski definition) is 0. The summed E-state index contributed by atoms with van der Waals surface area (Å²) >= 11 is 0. The van der Waals surface area contributed by atoms with E-state index in [0.29, 0.717) is 19.3 Å². The zero-order chi connectivity index (χ0) is 57.8. The first-order valence-electron chi connectivity index (χ1n) is 33.9. The van der Waals surface area contributed by atoms with Crippen molar-refractivity contribution in [1.82, 2.24) is 0 Å². The minimum atomic E-state index is -0.787. The SMILES string of the molecule is CC/C=C\C/C=C\C/C=C\C/C=C\C/C=C\C/C=C\C/C=C\CCCCCCCCCCCC(=O)OCC(COC(=O)CCCCCCC/C=C\C/C=C\CCC)OC(=O)CCCCCCCCCCCCCCCCCCCC. The maximum atomic E-state index is 12.9. The molecule has 0 fully saturated rings. The quantitative estimate of drug-likeness (QED) is 0.0261. The number of allylic oxidation sites excluding steroid dienone is 18. The molecule has 0 aromatic rings. The third-order valence-electron chi connectivity index (χ3n) is 14.5. The fourth-order valence-corrected chi connectivity index (χ4v) is 9.46. The first-order chi connectivity index (χ1) is 39.5. The second-order valence-electron chi connectivity index (χ2n) is 22.4. The fraction of sp³-hybridized carbons (Fsp3) is 0.716. The third kappa shape index (κ3) is 64.9. The van der Waals surface area contributed by atoms with Crippen molar-refractivity contribution < 1.29 is 28.6 Å². The largest absolute Gasteiger partial charge is 0.462 e. The average Bonchev–Trinajstić information content (AvgIpc) is 3.46. The smallest absolute Gasteiger partial charge is 0.306 e. The minimum absolute atomic E-state index is 0.0836. The zero-order valence-electron chi connectivity index (χ0n) is 52.6. The van der Waals surface area contributed by atoms with Gasteiger partial charge in [0.1, 0.15) is 13.2 Å². The molecule has 0 amide bonds. The van der Waals surface area contributed by atoms with E-state index in [-0.39, 0.29) is 31.1 Å². The maximum absolute atomic E-state index is 12.9. The van der Waals surface area contributed by atoms with Gasteiger partial charge in [-0.05, 0) is 103 Å². The maximum Gasteiger partial charge on any atom is 0.306 e. The van der Waals surface area contributed by atoms with E-state index in [9.17, 15) is 14.4 Å². The summed E-state index contributed by atoms with van der Waals surface area (Å²) in [4.78, 5) is 38.3. The van der Waals surface area contributed by atoms with E-state index in [2.05, 4.69) is 130 Å². The van der Waals surface area contributed by atoms with Gasteiger partial charge in [0.2, 0.25) is 0 Å². The highest BCUT2D eigenvalue weighted by Crippen LogP contribution is 2.17. The Morgan fingerprint density at radius 1 is 0.263 bits per heavy atom. The highest BCUT2D eigenvalue weighted by molar-refractivity contribution is 5.71. The van der Waals surface area contributed by atoms with Gasteiger partial charge in [0, 0.05) is 19.3 Å². The standard InChI is InChI=1S/C74H126O6/c1-4-7-10-13-16-19-22-25-27-29-31-32-33-34-35-36-37-38-39-40-41-42-43-45-46-49-52-55-58-61-64-67-73(76)79-70-71(69-78-72(75)66-63-60-57-54-51-48-24-21-18-15-12-9-6-3)80-74(77)68-65-62-59-56-53-50-47-44-30-28-26-23-20-17-14-11-8-5-2/h7,10,12,15-16,19,21,24-25,27,31-32,34-35,37-38,40-41,71H,4-6,8-9,11,13-14,17-18,20,22-23,26,28-30,33,36,39,42-70H2,1-3H3/b10-7-,15-12-,19-16-,24-21-,27-25-,32-31-,35-34-,38-37-,41-40-. The van der Waals surface area contributed by atoms with E-state index in [4.69, 9.17) is 14.2 Å². The number of rotatable bonds is 61. The number of esters is 3. The number of carbonyl (C=O) groups excluding carboxylic acids is 3. The Labute approximate surface area is 495 Å². The van der Waals surface area contributed by atoms with Crippen LogP contribution in [0.3, 0.4) is 0 Å². The van der Waals surface area contributed by atoms with Crippen molar-refractivity contribution in [3.63, 3.8) is 0 Å². The minimum Gasteiger partial charge on any atom is -0.462 e. The van der Waals surface area contributed by atoms with Crippen molar-refractivity contribution in [3.8, 4) is 0 Å². The lowest BCUT2D eigenvalue weighted by Gasteiger charge is -2.18. The summed E-state index contributed by atoms with van der Waals surface area (Å²) in [6.45, 7) is 6.48. The van der Waals surface area contributed by atoms with Crippen LogP contribution >= 0.6 is 0 Å². The van der Waals surface area contributed by atoms with Crippen LogP contribution < -0.4 is 0 Å². The molecule has 0 rings (SSSR count). The molecule has 0 radical (unpaired) electrons. The number of carbonyl (C=O) groups is 3. The molecule has 1 atom stereocenters. The fourth-order valence-electron chi connectivity index (χ4n) is 9.46. The highest BCUT2D eigenvalue weighted by Gasteiger charge is 2.19. The molecule has 0 aromatic heterocycles. The Morgan fingerprint density at radius 3 is 0.812 bits per heavy atom. The number of ether oxygens (including phenoxy) is 3. The lowest BCUT2D eigenvalue weighted by atomic mass is 10.0. The van der Waals surface area contributed by atoms with Crippen molar-refractivity contribution in [3.05, 3.63) is 109 Å². The van der Waals surface area contributed by atoms with Gasteiger partial charge in [-0.15, -0.1) is 0 Å². The van der Waals surface area contributed by atoms with E-state index in [1.54, 1.807) is 0 Å².